The molecular weight excluding hydrogens is 378 g/mol. The summed E-state index contributed by atoms with van der Waals surface area (Å²) >= 11 is 8.11. The monoisotopic (exact) mass is 396 g/mol. The first kappa shape index (κ1) is 20.7. The molecule has 7 heteroatoms. The molecule has 0 unspecified atom stereocenters. The van der Waals surface area contributed by atoms with Gasteiger partial charge in [-0.2, -0.15) is 0 Å². The number of hydrogen-bond donors (Lipinski definition) is 1. The summed E-state index contributed by atoms with van der Waals surface area (Å²) in [5.74, 6) is -0.220. The fraction of sp³-hybridized carbons (Fsp3) is 0.375. The lowest BCUT2D eigenvalue weighted by Crippen LogP contribution is -2.45. The van der Waals surface area contributed by atoms with Crippen molar-refractivity contribution in [1.29, 1.82) is 0 Å². The van der Waals surface area contributed by atoms with E-state index in [-0.39, 0.29) is 36.7 Å². The maximum absolute atomic E-state index is 14.5. The SMILES string of the molecule is Cc1ccc(F)c([C@@H](c2cccs2)N2CCNCC2)c1Cl.Cl.Cl. The van der Waals surface area contributed by atoms with Crippen LogP contribution in [0.1, 0.15) is 22.0 Å². The fourth-order valence-electron chi connectivity index (χ4n) is 2.82. The lowest BCUT2D eigenvalue weighted by molar-refractivity contribution is 0.197. The van der Waals surface area contributed by atoms with Crippen molar-refractivity contribution in [3.8, 4) is 0 Å². The highest BCUT2D eigenvalue weighted by Crippen LogP contribution is 2.38. The van der Waals surface area contributed by atoms with E-state index < -0.39 is 0 Å². The smallest absolute Gasteiger partial charge is 0.129 e. The summed E-state index contributed by atoms with van der Waals surface area (Å²) in [6, 6.07) is 7.25. The van der Waals surface area contributed by atoms with E-state index in [1.807, 2.05) is 18.4 Å². The molecule has 0 radical (unpaired) electrons. The normalized spacial score (nSPS) is 16.3. The van der Waals surface area contributed by atoms with Gasteiger partial charge in [-0.15, -0.1) is 36.2 Å². The molecule has 0 saturated carbocycles. The van der Waals surface area contributed by atoms with Gasteiger partial charge in [0.25, 0.3) is 0 Å². The summed E-state index contributed by atoms with van der Waals surface area (Å²) in [7, 11) is 0. The van der Waals surface area contributed by atoms with E-state index in [9.17, 15) is 4.39 Å². The summed E-state index contributed by atoms with van der Waals surface area (Å²) in [6.45, 7) is 5.56. The summed E-state index contributed by atoms with van der Waals surface area (Å²) in [4.78, 5) is 3.45. The molecule has 1 aliphatic heterocycles. The standard InChI is InChI=1S/C16H18ClFN2S.2ClH/c1-11-4-5-12(18)14(15(11)17)16(13-3-2-10-21-13)20-8-6-19-7-9-20;;/h2-5,10,16,19H,6-9H2,1H3;2*1H/t16-;;/m1../s1. The van der Waals surface area contributed by atoms with Crippen molar-refractivity contribution in [1.82, 2.24) is 10.2 Å². The Bertz CT molecular complexity index is 616. The van der Waals surface area contributed by atoms with Crippen LogP contribution in [0.4, 0.5) is 4.39 Å². The maximum atomic E-state index is 14.5. The van der Waals surface area contributed by atoms with Gasteiger partial charge in [0.2, 0.25) is 0 Å². The van der Waals surface area contributed by atoms with E-state index in [2.05, 4.69) is 16.3 Å². The Morgan fingerprint density at radius 3 is 2.52 bits per heavy atom. The van der Waals surface area contributed by atoms with Crippen molar-refractivity contribution in [3.05, 3.63) is 56.5 Å². The van der Waals surface area contributed by atoms with Gasteiger partial charge in [-0.05, 0) is 30.0 Å². The van der Waals surface area contributed by atoms with E-state index >= 15 is 0 Å². The zero-order valence-corrected chi connectivity index (χ0v) is 15.9. The van der Waals surface area contributed by atoms with Crippen LogP contribution in [0, 0.1) is 12.7 Å². The number of rotatable bonds is 3. The predicted octanol–water partition coefficient (Wildman–Crippen LogP) is 4.69. The first-order valence-corrected chi connectivity index (χ1v) is 8.37. The molecule has 23 heavy (non-hydrogen) atoms. The number of nitrogens with zero attached hydrogens (tertiary/aromatic N) is 1. The van der Waals surface area contributed by atoms with Crippen LogP contribution in [0.2, 0.25) is 5.02 Å². The molecule has 3 rings (SSSR count). The number of aryl methyl sites for hydroxylation is 1. The first-order chi connectivity index (χ1) is 10.2. The maximum Gasteiger partial charge on any atom is 0.129 e. The molecule has 0 aliphatic carbocycles. The summed E-state index contributed by atoms with van der Waals surface area (Å²) in [5, 5.41) is 5.92. The van der Waals surface area contributed by atoms with Crippen LogP contribution in [0.3, 0.4) is 0 Å². The number of halogens is 4. The zero-order valence-electron chi connectivity index (χ0n) is 12.7. The molecule has 0 bridgehead atoms. The van der Waals surface area contributed by atoms with Gasteiger partial charge >= 0.3 is 0 Å². The molecule has 2 heterocycles. The number of piperazine rings is 1. The van der Waals surface area contributed by atoms with Crippen LogP contribution in [-0.2, 0) is 0 Å². The third-order valence-electron chi connectivity index (χ3n) is 3.92. The molecule has 1 fully saturated rings. The van der Waals surface area contributed by atoms with Crippen molar-refractivity contribution < 1.29 is 4.39 Å². The van der Waals surface area contributed by atoms with E-state index in [1.165, 1.54) is 6.07 Å². The van der Waals surface area contributed by atoms with Crippen molar-refractivity contribution in [3.63, 3.8) is 0 Å². The molecule has 1 saturated heterocycles. The Kier molecular flexibility index (Phi) is 8.28. The van der Waals surface area contributed by atoms with Crippen LogP contribution in [0.25, 0.3) is 0 Å². The van der Waals surface area contributed by atoms with Crippen LogP contribution in [0.15, 0.2) is 29.6 Å². The molecule has 2 aromatic rings. The Morgan fingerprint density at radius 1 is 1.22 bits per heavy atom. The largest absolute Gasteiger partial charge is 0.314 e. The minimum atomic E-state index is -0.220. The lowest BCUT2D eigenvalue weighted by Gasteiger charge is -2.35. The summed E-state index contributed by atoms with van der Waals surface area (Å²) in [5.41, 5.74) is 1.53. The second-order valence-corrected chi connectivity index (χ2v) is 6.65. The second-order valence-electron chi connectivity index (χ2n) is 5.30. The Balaban J connectivity index is 0.00000132. The van der Waals surface area contributed by atoms with Gasteiger partial charge in [0.05, 0.1) is 11.1 Å². The van der Waals surface area contributed by atoms with Gasteiger partial charge in [0, 0.05) is 36.6 Å². The fourth-order valence-corrected chi connectivity index (χ4v) is 3.94. The average molecular weight is 398 g/mol. The number of nitrogens with one attached hydrogen (secondary N) is 1. The van der Waals surface area contributed by atoms with Crippen LogP contribution in [0.5, 0.6) is 0 Å². The first-order valence-electron chi connectivity index (χ1n) is 7.11. The molecule has 1 atom stereocenters. The molecule has 1 N–H and O–H groups in total. The van der Waals surface area contributed by atoms with Crippen LogP contribution in [-0.4, -0.2) is 31.1 Å². The van der Waals surface area contributed by atoms with E-state index in [0.717, 1.165) is 36.6 Å². The molecule has 1 aromatic heterocycles. The van der Waals surface area contributed by atoms with Gasteiger partial charge in [-0.1, -0.05) is 23.7 Å². The highest BCUT2D eigenvalue weighted by atomic mass is 35.5. The molecule has 1 aliphatic rings. The van der Waals surface area contributed by atoms with Gasteiger partial charge in [0.1, 0.15) is 5.82 Å². The quantitative estimate of drug-likeness (QED) is 0.808. The average Bonchev–Trinajstić information content (AvgIpc) is 3.02. The van der Waals surface area contributed by atoms with E-state index in [0.29, 0.717) is 10.6 Å². The van der Waals surface area contributed by atoms with Crippen LogP contribution < -0.4 is 5.32 Å². The van der Waals surface area contributed by atoms with Crippen molar-refractivity contribution in [2.75, 3.05) is 26.2 Å². The third kappa shape index (κ3) is 4.38. The van der Waals surface area contributed by atoms with E-state index in [4.69, 9.17) is 11.6 Å². The Labute approximate surface area is 157 Å². The highest BCUT2D eigenvalue weighted by Gasteiger charge is 2.29. The number of benzene rings is 1. The van der Waals surface area contributed by atoms with Gasteiger partial charge in [-0.25, -0.2) is 4.39 Å². The van der Waals surface area contributed by atoms with E-state index in [1.54, 1.807) is 17.4 Å². The minimum absolute atomic E-state index is 0. The second kappa shape index (κ2) is 9.21. The molecule has 0 spiro atoms. The van der Waals surface area contributed by atoms with Crippen molar-refractivity contribution >= 4 is 47.8 Å². The molecule has 128 valence electrons. The zero-order chi connectivity index (χ0) is 14.8. The third-order valence-corrected chi connectivity index (χ3v) is 5.35. The van der Waals surface area contributed by atoms with Gasteiger partial charge < -0.3 is 5.32 Å². The highest BCUT2D eigenvalue weighted by molar-refractivity contribution is 7.10. The van der Waals surface area contributed by atoms with Crippen molar-refractivity contribution in [2.24, 2.45) is 0 Å². The summed E-state index contributed by atoms with van der Waals surface area (Å²) < 4.78 is 14.5. The number of thiophene rings is 1. The van der Waals surface area contributed by atoms with Crippen molar-refractivity contribution in [2.45, 2.75) is 13.0 Å². The molecule has 2 nitrogen and oxygen atoms in total. The molecule has 1 aromatic carbocycles. The number of hydrogen-bond acceptors (Lipinski definition) is 3. The Hall–Kier alpha value is -0.360. The molecular formula is C16H20Cl3FN2S. The molecule has 0 amide bonds. The topological polar surface area (TPSA) is 15.3 Å². The van der Waals surface area contributed by atoms with Gasteiger partial charge in [0.15, 0.2) is 0 Å². The van der Waals surface area contributed by atoms with Crippen LogP contribution >= 0.6 is 47.8 Å². The summed E-state index contributed by atoms with van der Waals surface area (Å²) in [6.07, 6.45) is 0. The lowest BCUT2D eigenvalue weighted by atomic mass is 9.99. The predicted molar refractivity (Wildman–Crippen MR) is 101 cm³/mol. The minimum Gasteiger partial charge on any atom is -0.314 e. The van der Waals surface area contributed by atoms with Gasteiger partial charge in [-0.3, -0.25) is 4.90 Å². The Morgan fingerprint density at radius 2 is 1.91 bits per heavy atom.